The number of carbonyl (C=O) groups excluding carboxylic acids is 1. The van der Waals surface area contributed by atoms with Crippen LogP contribution in [0.4, 0.5) is 5.69 Å². The molecule has 0 aromatic heterocycles. The Morgan fingerprint density at radius 3 is 2.45 bits per heavy atom. The molecule has 1 amide bonds. The Labute approximate surface area is 131 Å². The Hall–Kier alpha value is -2.44. The van der Waals surface area contributed by atoms with Gasteiger partial charge in [-0.1, -0.05) is 0 Å². The number of benzene rings is 1. The van der Waals surface area contributed by atoms with Gasteiger partial charge < -0.3 is 25.0 Å². The third-order valence-corrected chi connectivity index (χ3v) is 2.86. The van der Waals surface area contributed by atoms with Gasteiger partial charge in [-0.05, 0) is 19.1 Å². The Kier molecular flexibility index (Phi) is 7.01. The van der Waals surface area contributed by atoms with E-state index in [0.29, 0.717) is 24.0 Å². The molecule has 0 saturated carbocycles. The van der Waals surface area contributed by atoms with E-state index in [9.17, 15) is 4.79 Å². The van der Waals surface area contributed by atoms with Crippen LogP contribution in [0.3, 0.4) is 0 Å². The van der Waals surface area contributed by atoms with Gasteiger partial charge in [0, 0.05) is 32.4 Å². The van der Waals surface area contributed by atoms with Gasteiger partial charge in [-0.3, -0.25) is 4.79 Å². The van der Waals surface area contributed by atoms with Crippen LogP contribution in [0.1, 0.15) is 6.92 Å². The van der Waals surface area contributed by atoms with Crippen LogP contribution in [0, 0.1) is 0 Å². The molecule has 122 valence electrons. The summed E-state index contributed by atoms with van der Waals surface area (Å²) >= 11 is 0. The van der Waals surface area contributed by atoms with E-state index in [1.165, 1.54) is 4.90 Å². The second-order valence-corrected chi connectivity index (χ2v) is 4.68. The minimum absolute atomic E-state index is 0.0653. The summed E-state index contributed by atoms with van der Waals surface area (Å²) < 4.78 is 10.5. The largest absolute Gasteiger partial charge is 0.493 e. The van der Waals surface area contributed by atoms with Crippen LogP contribution in [0.5, 0.6) is 11.5 Å². The van der Waals surface area contributed by atoms with E-state index < -0.39 is 0 Å². The number of carbonyl (C=O) groups is 1. The van der Waals surface area contributed by atoms with Crippen LogP contribution >= 0.6 is 0 Å². The van der Waals surface area contributed by atoms with Crippen molar-refractivity contribution in [3.8, 4) is 11.5 Å². The third kappa shape index (κ3) is 5.16. The summed E-state index contributed by atoms with van der Waals surface area (Å²) in [7, 11) is 6.57. The first-order valence-electron chi connectivity index (χ1n) is 6.99. The molecule has 0 radical (unpaired) electrons. The van der Waals surface area contributed by atoms with Gasteiger partial charge >= 0.3 is 0 Å². The van der Waals surface area contributed by atoms with E-state index in [2.05, 4.69) is 15.6 Å². The van der Waals surface area contributed by atoms with Crippen molar-refractivity contribution >= 4 is 17.6 Å². The normalized spacial score (nSPS) is 10.9. The number of methoxy groups -OCH3 is 2. The molecule has 0 spiro atoms. The van der Waals surface area contributed by atoms with E-state index >= 15 is 0 Å². The molecule has 0 unspecified atom stereocenters. The van der Waals surface area contributed by atoms with E-state index in [1.807, 2.05) is 13.0 Å². The summed E-state index contributed by atoms with van der Waals surface area (Å²) in [6.45, 7) is 2.73. The van der Waals surface area contributed by atoms with Crippen LogP contribution in [0.2, 0.25) is 0 Å². The Morgan fingerprint density at radius 1 is 1.23 bits per heavy atom. The van der Waals surface area contributed by atoms with Crippen molar-refractivity contribution in [3.05, 3.63) is 18.2 Å². The monoisotopic (exact) mass is 308 g/mol. The molecule has 0 aliphatic heterocycles. The molecule has 1 aromatic carbocycles. The summed E-state index contributed by atoms with van der Waals surface area (Å²) in [5.41, 5.74) is 0.787. The molecule has 0 saturated heterocycles. The van der Waals surface area contributed by atoms with Crippen molar-refractivity contribution in [1.29, 1.82) is 0 Å². The van der Waals surface area contributed by atoms with Crippen LogP contribution in [-0.2, 0) is 4.79 Å². The Balaban J connectivity index is 2.86. The van der Waals surface area contributed by atoms with Gasteiger partial charge in [0.2, 0.25) is 5.91 Å². The number of nitrogens with one attached hydrogen (secondary N) is 2. The van der Waals surface area contributed by atoms with Gasteiger partial charge in [-0.15, -0.1) is 0 Å². The number of amides is 1. The van der Waals surface area contributed by atoms with Gasteiger partial charge in [0.1, 0.15) is 6.54 Å². The third-order valence-electron chi connectivity index (χ3n) is 2.86. The van der Waals surface area contributed by atoms with Crippen LogP contribution in [0.25, 0.3) is 0 Å². The quantitative estimate of drug-likeness (QED) is 0.609. The number of ether oxygens (including phenoxy) is 2. The number of aliphatic imine (C=N–C) groups is 1. The number of guanidine groups is 1. The van der Waals surface area contributed by atoms with Crippen LogP contribution in [-0.4, -0.2) is 58.2 Å². The standard InChI is InChI=1S/C15H24N4O3/c1-6-16-15(17-10-14(20)19(2)3)18-11-7-8-12(21-4)13(9-11)22-5/h7-9H,6,10H2,1-5H3,(H2,16,17,18). The van der Waals surface area contributed by atoms with Crippen molar-refractivity contribution < 1.29 is 14.3 Å². The number of likely N-dealkylation sites (N-methyl/N-ethyl adjacent to an activating group) is 1. The first kappa shape index (κ1) is 17.6. The van der Waals surface area contributed by atoms with Crippen molar-refractivity contribution in [2.75, 3.05) is 46.7 Å². The molecule has 1 rings (SSSR count). The summed E-state index contributed by atoms with van der Waals surface area (Å²) in [5, 5.41) is 6.22. The summed E-state index contributed by atoms with van der Waals surface area (Å²) in [6, 6.07) is 5.46. The number of hydrogen-bond acceptors (Lipinski definition) is 4. The molecule has 0 atom stereocenters. The lowest BCUT2D eigenvalue weighted by molar-refractivity contribution is -0.127. The highest BCUT2D eigenvalue weighted by atomic mass is 16.5. The number of hydrogen-bond donors (Lipinski definition) is 2. The lowest BCUT2D eigenvalue weighted by atomic mass is 10.3. The maximum Gasteiger partial charge on any atom is 0.243 e. The molecule has 22 heavy (non-hydrogen) atoms. The fourth-order valence-corrected chi connectivity index (χ4v) is 1.65. The zero-order valence-corrected chi connectivity index (χ0v) is 13.8. The van der Waals surface area contributed by atoms with E-state index in [4.69, 9.17) is 9.47 Å². The van der Waals surface area contributed by atoms with E-state index in [1.54, 1.807) is 40.4 Å². The molecule has 0 fully saturated rings. The SMILES string of the molecule is CCNC(=NCC(=O)N(C)C)Nc1ccc(OC)c(OC)c1. The Bertz CT molecular complexity index is 530. The maximum absolute atomic E-state index is 11.6. The fourth-order valence-electron chi connectivity index (χ4n) is 1.65. The topological polar surface area (TPSA) is 75.2 Å². The molecule has 0 aliphatic carbocycles. The zero-order chi connectivity index (χ0) is 16.5. The lowest BCUT2D eigenvalue weighted by Gasteiger charge is -2.14. The van der Waals surface area contributed by atoms with Crippen molar-refractivity contribution in [2.24, 2.45) is 4.99 Å². The highest BCUT2D eigenvalue weighted by Gasteiger charge is 2.07. The van der Waals surface area contributed by atoms with Crippen LogP contribution < -0.4 is 20.1 Å². The predicted molar refractivity (Wildman–Crippen MR) is 87.8 cm³/mol. The minimum Gasteiger partial charge on any atom is -0.493 e. The van der Waals surface area contributed by atoms with Crippen LogP contribution in [0.15, 0.2) is 23.2 Å². The molecule has 7 nitrogen and oxygen atoms in total. The summed E-state index contributed by atoms with van der Waals surface area (Å²) in [4.78, 5) is 17.4. The van der Waals surface area contributed by atoms with Gasteiger partial charge in [0.25, 0.3) is 0 Å². The van der Waals surface area contributed by atoms with Gasteiger partial charge in [0.15, 0.2) is 17.5 Å². The first-order chi connectivity index (χ1) is 10.5. The lowest BCUT2D eigenvalue weighted by Crippen LogP contribution is -2.32. The van der Waals surface area contributed by atoms with Gasteiger partial charge in [-0.25, -0.2) is 4.99 Å². The second-order valence-electron chi connectivity index (χ2n) is 4.68. The number of rotatable bonds is 6. The smallest absolute Gasteiger partial charge is 0.243 e. The highest BCUT2D eigenvalue weighted by Crippen LogP contribution is 2.29. The van der Waals surface area contributed by atoms with E-state index in [0.717, 1.165) is 5.69 Å². The molecular formula is C15H24N4O3. The maximum atomic E-state index is 11.6. The number of nitrogens with zero attached hydrogens (tertiary/aromatic N) is 2. The first-order valence-corrected chi connectivity index (χ1v) is 6.99. The molecule has 0 heterocycles. The second kappa shape index (κ2) is 8.76. The number of anilines is 1. The molecule has 0 bridgehead atoms. The molecule has 0 aliphatic rings. The average Bonchev–Trinajstić information content (AvgIpc) is 2.52. The molecule has 2 N–H and O–H groups in total. The summed E-state index contributed by atoms with van der Waals surface area (Å²) in [5.74, 6) is 1.74. The molecule has 7 heteroatoms. The van der Waals surface area contributed by atoms with Gasteiger partial charge in [0.05, 0.1) is 14.2 Å². The fraction of sp³-hybridized carbons (Fsp3) is 0.467. The predicted octanol–water partition coefficient (Wildman–Crippen LogP) is 1.17. The van der Waals surface area contributed by atoms with Crippen molar-refractivity contribution in [2.45, 2.75) is 6.92 Å². The van der Waals surface area contributed by atoms with Crippen molar-refractivity contribution in [3.63, 3.8) is 0 Å². The molecular weight excluding hydrogens is 284 g/mol. The summed E-state index contributed by atoms with van der Waals surface area (Å²) in [6.07, 6.45) is 0. The zero-order valence-electron chi connectivity index (χ0n) is 13.8. The van der Waals surface area contributed by atoms with E-state index in [-0.39, 0.29) is 12.5 Å². The minimum atomic E-state index is -0.0653. The average molecular weight is 308 g/mol. The highest BCUT2D eigenvalue weighted by molar-refractivity contribution is 5.95. The Morgan fingerprint density at radius 2 is 1.91 bits per heavy atom. The van der Waals surface area contributed by atoms with Gasteiger partial charge in [-0.2, -0.15) is 0 Å². The molecule has 1 aromatic rings. The van der Waals surface area contributed by atoms with Crippen molar-refractivity contribution in [1.82, 2.24) is 10.2 Å².